The summed E-state index contributed by atoms with van der Waals surface area (Å²) in [4.78, 5) is 103. The van der Waals surface area contributed by atoms with Gasteiger partial charge < -0.3 is 25.2 Å². The Bertz CT molecular complexity index is 2910. The van der Waals surface area contributed by atoms with E-state index < -0.39 is 57.6 Å². The van der Waals surface area contributed by atoms with E-state index in [0.717, 1.165) is 57.8 Å². The summed E-state index contributed by atoms with van der Waals surface area (Å²) in [5, 5.41) is 9.75. The van der Waals surface area contributed by atoms with Gasteiger partial charge in [-0.3, -0.25) is 52.7 Å². The molecule has 352 valence electrons. The number of fused-ring (bicyclic) bond motifs is 1. The summed E-state index contributed by atoms with van der Waals surface area (Å²) in [5.41, 5.74) is 4.17. The van der Waals surface area contributed by atoms with Crippen LogP contribution in [0.3, 0.4) is 0 Å². The average molecular weight is 962 g/mol. The predicted molar refractivity (Wildman–Crippen MR) is 249 cm³/mol. The summed E-state index contributed by atoms with van der Waals surface area (Å²) < 4.78 is 30.8. The molecule has 3 aromatic carbocycles. The molecule has 0 bridgehead atoms. The van der Waals surface area contributed by atoms with Crippen LogP contribution in [0.1, 0.15) is 59.8 Å². The molecule has 3 saturated heterocycles. The van der Waals surface area contributed by atoms with Crippen LogP contribution in [0.2, 0.25) is 0 Å². The third-order valence-corrected chi connectivity index (χ3v) is 14.2. The van der Waals surface area contributed by atoms with E-state index in [9.17, 15) is 42.0 Å². The fourth-order valence-electron chi connectivity index (χ4n) is 8.68. The number of imide groups is 2. The third kappa shape index (κ3) is 9.96. The van der Waals surface area contributed by atoms with E-state index in [1.54, 1.807) is 41.8 Å². The van der Waals surface area contributed by atoms with E-state index in [-0.39, 0.29) is 48.7 Å². The minimum absolute atomic E-state index is 0.0400. The number of rotatable bonds is 15. The molecule has 1 unspecified atom stereocenters. The van der Waals surface area contributed by atoms with Gasteiger partial charge in [-0.15, -0.1) is 11.3 Å². The summed E-state index contributed by atoms with van der Waals surface area (Å²) >= 11 is 1.23. The Labute approximate surface area is 395 Å². The molecule has 0 aliphatic carbocycles. The summed E-state index contributed by atoms with van der Waals surface area (Å²) in [6, 6.07) is 20.8. The average Bonchev–Trinajstić information content (AvgIpc) is 4.07. The van der Waals surface area contributed by atoms with Crippen LogP contribution in [0.5, 0.6) is 0 Å². The van der Waals surface area contributed by atoms with Gasteiger partial charge in [0.15, 0.2) is 5.13 Å². The molecule has 21 heteroatoms. The number of carbonyl (C=O) groups is 7. The number of carbonyl (C=O) groups excluding carboxylic acids is 7. The summed E-state index contributed by atoms with van der Waals surface area (Å²) in [6.45, 7) is 4.77. The highest BCUT2D eigenvalue weighted by Crippen LogP contribution is 2.33. The van der Waals surface area contributed by atoms with Gasteiger partial charge >= 0.3 is 0 Å². The Morgan fingerprint density at radius 2 is 1.63 bits per heavy atom. The SMILES string of the molecule is CS(=O)(=O)n1ccc(C(=O)N[C@@H](COCc2ccc(C(=O)N3CCN(CC4CN(c5ccc6c(c5)C(=O)N(C5CCC(=O)NC5=O)C6=O)C4)CC3)cc2)C(=O)Nc2nc(-c3ccccc3)cs2)c1. The molecule has 4 aliphatic rings. The zero-order valence-corrected chi connectivity index (χ0v) is 38.5. The van der Waals surface area contributed by atoms with Crippen LogP contribution < -0.4 is 20.9 Å². The predicted octanol–water partition coefficient (Wildman–Crippen LogP) is 2.67. The minimum Gasteiger partial charge on any atom is -0.374 e. The van der Waals surface area contributed by atoms with E-state index in [2.05, 4.69) is 30.7 Å². The molecule has 3 fully saturated rings. The zero-order valence-electron chi connectivity index (χ0n) is 36.8. The lowest BCUT2D eigenvalue weighted by atomic mass is 9.97. The van der Waals surface area contributed by atoms with Crippen molar-refractivity contribution in [3.63, 3.8) is 0 Å². The Hall–Kier alpha value is -7.07. The van der Waals surface area contributed by atoms with Crippen molar-refractivity contribution >= 4 is 73.5 Å². The van der Waals surface area contributed by atoms with Gasteiger partial charge in [0, 0.05) is 92.7 Å². The van der Waals surface area contributed by atoms with Crippen LogP contribution >= 0.6 is 11.3 Å². The van der Waals surface area contributed by atoms with Gasteiger partial charge in [0.2, 0.25) is 21.8 Å². The second-order valence-corrected chi connectivity index (χ2v) is 19.9. The van der Waals surface area contributed by atoms with Gasteiger partial charge in [-0.05, 0) is 48.4 Å². The molecule has 9 rings (SSSR count). The molecule has 7 amide bonds. The number of piperidine rings is 1. The fourth-order valence-corrected chi connectivity index (χ4v) is 9.99. The van der Waals surface area contributed by atoms with Crippen molar-refractivity contribution in [2.45, 2.75) is 31.5 Å². The maximum Gasteiger partial charge on any atom is 0.262 e. The molecular formula is C47H47N9O10S2. The number of amides is 7. The number of nitrogens with one attached hydrogen (secondary N) is 3. The van der Waals surface area contributed by atoms with Gasteiger partial charge in [-0.1, -0.05) is 42.5 Å². The second-order valence-electron chi connectivity index (χ2n) is 17.2. The maximum absolute atomic E-state index is 13.5. The van der Waals surface area contributed by atoms with Crippen molar-refractivity contribution < 1.29 is 46.7 Å². The smallest absolute Gasteiger partial charge is 0.262 e. The number of nitrogens with zero attached hydrogens (tertiary/aromatic N) is 6. The van der Waals surface area contributed by atoms with Gasteiger partial charge in [-0.25, -0.2) is 13.4 Å². The summed E-state index contributed by atoms with van der Waals surface area (Å²) in [7, 11) is -3.63. The molecule has 0 spiro atoms. The first kappa shape index (κ1) is 46.1. The highest BCUT2D eigenvalue weighted by atomic mass is 32.2. The first-order valence-corrected chi connectivity index (χ1v) is 24.7. The normalized spacial score (nSPS) is 18.2. The highest BCUT2D eigenvalue weighted by molar-refractivity contribution is 7.89. The van der Waals surface area contributed by atoms with Crippen LogP contribution in [0, 0.1) is 5.92 Å². The number of anilines is 2. The van der Waals surface area contributed by atoms with E-state index in [1.165, 1.54) is 23.6 Å². The molecule has 68 heavy (non-hydrogen) atoms. The van der Waals surface area contributed by atoms with E-state index >= 15 is 0 Å². The molecule has 3 N–H and O–H groups in total. The summed E-state index contributed by atoms with van der Waals surface area (Å²) in [5.74, 6) is -3.09. The molecular weight excluding hydrogens is 915 g/mol. The molecule has 2 atom stereocenters. The molecule has 0 saturated carbocycles. The van der Waals surface area contributed by atoms with Crippen molar-refractivity contribution in [2.24, 2.45) is 5.92 Å². The van der Waals surface area contributed by atoms with Crippen molar-refractivity contribution in [1.82, 2.24) is 34.3 Å². The molecule has 5 aromatic rings. The van der Waals surface area contributed by atoms with Crippen LogP contribution in [-0.4, -0.2) is 144 Å². The number of hydrogen-bond donors (Lipinski definition) is 3. The molecule has 2 aromatic heterocycles. The van der Waals surface area contributed by atoms with Crippen LogP contribution in [0.4, 0.5) is 10.8 Å². The fraction of sp³-hybridized carbons (Fsp3) is 0.319. The minimum atomic E-state index is -3.63. The first-order chi connectivity index (χ1) is 32.7. The Balaban J connectivity index is 0.736. The Kier molecular flexibility index (Phi) is 13.1. The Morgan fingerprint density at radius 1 is 0.897 bits per heavy atom. The molecule has 0 radical (unpaired) electrons. The second kappa shape index (κ2) is 19.3. The van der Waals surface area contributed by atoms with E-state index in [1.807, 2.05) is 41.3 Å². The number of hydrogen-bond acceptors (Lipinski definition) is 14. The number of piperazine rings is 1. The monoisotopic (exact) mass is 961 g/mol. The van der Waals surface area contributed by atoms with Gasteiger partial charge in [0.25, 0.3) is 29.5 Å². The third-order valence-electron chi connectivity index (χ3n) is 12.4. The van der Waals surface area contributed by atoms with Crippen LogP contribution in [0.25, 0.3) is 11.3 Å². The number of thiazole rings is 1. The van der Waals surface area contributed by atoms with Crippen molar-refractivity contribution in [3.05, 3.63) is 124 Å². The topological polar surface area (TPSA) is 230 Å². The van der Waals surface area contributed by atoms with Crippen molar-refractivity contribution in [2.75, 3.05) is 68.9 Å². The summed E-state index contributed by atoms with van der Waals surface area (Å²) in [6.07, 6.45) is 3.58. The van der Waals surface area contributed by atoms with Crippen molar-refractivity contribution in [1.29, 1.82) is 0 Å². The molecule has 4 aliphatic heterocycles. The van der Waals surface area contributed by atoms with E-state index in [0.29, 0.717) is 48.5 Å². The zero-order chi connectivity index (χ0) is 47.7. The first-order valence-electron chi connectivity index (χ1n) is 22.0. The quantitative estimate of drug-likeness (QED) is 0.128. The van der Waals surface area contributed by atoms with Crippen LogP contribution in [-0.2, 0) is 35.8 Å². The van der Waals surface area contributed by atoms with Gasteiger partial charge in [0.05, 0.1) is 41.9 Å². The highest BCUT2D eigenvalue weighted by Gasteiger charge is 2.45. The van der Waals surface area contributed by atoms with Crippen LogP contribution in [0.15, 0.2) is 96.6 Å². The lowest BCUT2D eigenvalue weighted by molar-refractivity contribution is -0.136. The molecule has 6 heterocycles. The standard InChI is InChI=1S/C47H47N9O10S2/c1-68(64,65)55-16-15-33(25-55)41(58)48-37(42(59)51-47-49-38(28-67-47)31-5-3-2-4-6-31)27-66-26-29-7-9-32(10-8-29)44(61)53-19-17-52(18-20-53)22-30-23-54(24-30)34-11-12-35-36(21-34)46(63)56(45(35)62)39-13-14-40(57)50-43(39)60/h2-12,15-16,21,25,28,30,37,39H,13-14,17-20,22-24,26-27H2,1H3,(H,48,58)(H,49,51,59)(H,50,57,60)/t37-,39?/m0/s1. The largest absolute Gasteiger partial charge is 0.374 e. The molecule has 19 nitrogen and oxygen atoms in total. The van der Waals surface area contributed by atoms with E-state index in [4.69, 9.17) is 4.74 Å². The lowest BCUT2D eigenvalue weighted by Gasteiger charge is -2.45. The van der Waals surface area contributed by atoms with Gasteiger partial charge in [-0.2, -0.15) is 0 Å². The van der Waals surface area contributed by atoms with Crippen molar-refractivity contribution in [3.8, 4) is 11.3 Å². The number of benzene rings is 3. The number of ether oxygens (including phenoxy) is 1. The maximum atomic E-state index is 13.5. The lowest BCUT2D eigenvalue weighted by Crippen LogP contribution is -2.55. The van der Waals surface area contributed by atoms with Gasteiger partial charge in [0.1, 0.15) is 12.1 Å². The Morgan fingerprint density at radius 3 is 2.34 bits per heavy atom. The number of aromatic nitrogens is 2.